The Kier molecular flexibility index (Phi) is 5.94. The molecule has 0 unspecified atom stereocenters. The largest absolute Gasteiger partial charge is 0.361 e. The number of aromatic amines is 1. The number of amides is 1. The van der Waals surface area contributed by atoms with Crippen LogP contribution in [0.25, 0.3) is 10.9 Å². The van der Waals surface area contributed by atoms with Crippen LogP contribution in [0.4, 0.5) is 4.79 Å². The number of carbonyl (C=O) groups excluding carboxylic acids is 1. The van der Waals surface area contributed by atoms with Crippen molar-refractivity contribution < 1.29 is 9.32 Å². The lowest BCUT2D eigenvalue weighted by atomic mass is 10.1. The summed E-state index contributed by atoms with van der Waals surface area (Å²) in [5.41, 5.74) is 3.58. The number of nitrogens with one attached hydrogen (secondary N) is 2. The van der Waals surface area contributed by atoms with Gasteiger partial charge in [0.15, 0.2) is 5.82 Å². The molecule has 0 fully saturated rings. The van der Waals surface area contributed by atoms with Gasteiger partial charge in [-0.25, -0.2) is 4.79 Å². The zero-order chi connectivity index (χ0) is 20.9. The van der Waals surface area contributed by atoms with Crippen molar-refractivity contribution in [1.82, 2.24) is 29.9 Å². The molecule has 4 rings (SSSR count). The monoisotopic (exact) mass is 406 g/mol. The predicted molar refractivity (Wildman–Crippen MR) is 115 cm³/mol. The number of benzene rings is 1. The van der Waals surface area contributed by atoms with Crippen molar-refractivity contribution >= 4 is 16.9 Å². The van der Waals surface area contributed by atoms with Crippen LogP contribution in [-0.4, -0.2) is 57.8 Å². The molecular weight excluding hydrogens is 380 g/mol. The molecule has 0 bridgehead atoms. The summed E-state index contributed by atoms with van der Waals surface area (Å²) in [5, 5.41) is 8.10. The highest BCUT2D eigenvalue weighted by molar-refractivity contribution is 5.84. The first-order valence-electron chi connectivity index (χ1n) is 10.0. The Balaban J connectivity index is 1.35. The normalized spacial score (nSPS) is 11.4. The molecule has 0 atom stereocenters. The molecule has 30 heavy (non-hydrogen) atoms. The molecule has 1 aromatic carbocycles. The Morgan fingerprint density at radius 3 is 2.87 bits per heavy atom. The highest BCUT2D eigenvalue weighted by atomic mass is 16.5. The van der Waals surface area contributed by atoms with Crippen molar-refractivity contribution in [2.24, 2.45) is 0 Å². The summed E-state index contributed by atoms with van der Waals surface area (Å²) in [6.07, 6.45) is 7.59. The van der Waals surface area contributed by atoms with Gasteiger partial charge in [0.2, 0.25) is 5.89 Å². The minimum atomic E-state index is -0.173. The smallest absolute Gasteiger partial charge is 0.325 e. The number of rotatable bonds is 8. The zero-order valence-electron chi connectivity index (χ0n) is 17.3. The lowest BCUT2D eigenvalue weighted by molar-refractivity contribution is 0.242. The Labute approximate surface area is 174 Å². The van der Waals surface area contributed by atoms with Crippen molar-refractivity contribution in [1.29, 1.82) is 0 Å². The first-order valence-corrected chi connectivity index (χ1v) is 10.0. The van der Waals surface area contributed by atoms with E-state index in [1.54, 1.807) is 24.5 Å². The van der Waals surface area contributed by atoms with Gasteiger partial charge in [-0.2, -0.15) is 4.98 Å². The molecule has 0 saturated heterocycles. The van der Waals surface area contributed by atoms with Gasteiger partial charge in [-0.05, 0) is 55.9 Å². The molecule has 3 aromatic heterocycles. The molecule has 4 aromatic rings. The van der Waals surface area contributed by atoms with E-state index in [0.717, 1.165) is 24.0 Å². The fourth-order valence-electron chi connectivity index (χ4n) is 3.37. The molecular formula is C22H26N6O2. The van der Waals surface area contributed by atoms with E-state index in [4.69, 9.17) is 4.52 Å². The van der Waals surface area contributed by atoms with Gasteiger partial charge in [0.1, 0.15) is 0 Å². The summed E-state index contributed by atoms with van der Waals surface area (Å²) in [7, 11) is 4.17. The molecule has 8 heteroatoms. The minimum Gasteiger partial charge on any atom is -0.361 e. The Hall–Kier alpha value is -3.39. The molecule has 0 aliphatic rings. The molecule has 0 radical (unpaired) electrons. The highest BCUT2D eigenvalue weighted by Gasteiger charge is 2.11. The van der Waals surface area contributed by atoms with Crippen molar-refractivity contribution in [2.75, 3.05) is 27.2 Å². The van der Waals surface area contributed by atoms with E-state index in [9.17, 15) is 4.79 Å². The number of fused-ring (bicyclic) bond motifs is 1. The lowest BCUT2D eigenvalue weighted by Gasteiger charge is -2.08. The Bertz CT molecular complexity index is 1110. The number of hydrogen-bond acceptors (Lipinski definition) is 5. The van der Waals surface area contributed by atoms with Gasteiger partial charge >= 0.3 is 6.03 Å². The predicted octanol–water partition coefficient (Wildman–Crippen LogP) is 2.85. The van der Waals surface area contributed by atoms with E-state index >= 15 is 0 Å². The molecule has 0 aliphatic carbocycles. The van der Waals surface area contributed by atoms with Crippen molar-refractivity contribution in [2.45, 2.75) is 19.3 Å². The van der Waals surface area contributed by atoms with Crippen LogP contribution in [0.2, 0.25) is 0 Å². The maximum atomic E-state index is 11.9. The van der Waals surface area contributed by atoms with Gasteiger partial charge in [0.25, 0.3) is 0 Å². The minimum absolute atomic E-state index is 0.173. The van der Waals surface area contributed by atoms with E-state index in [0.29, 0.717) is 31.1 Å². The van der Waals surface area contributed by atoms with Crippen LogP contribution in [0.5, 0.6) is 0 Å². The van der Waals surface area contributed by atoms with Crippen LogP contribution in [-0.2, 0) is 19.3 Å². The molecule has 156 valence electrons. The van der Waals surface area contributed by atoms with Crippen LogP contribution in [0, 0.1) is 0 Å². The summed E-state index contributed by atoms with van der Waals surface area (Å²) >= 11 is 0. The summed E-state index contributed by atoms with van der Waals surface area (Å²) in [5.74, 6) is 1.17. The maximum absolute atomic E-state index is 11.9. The second-order valence-electron chi connectivity index (χ2n) is 7.60. The van der Waals surface area contributed by atoms with Crippen LogP contribution < -0.4 is 5.32 Å². The SMILES string of the molecule is CN(C)CCc1c[nH]c2ccc(Cc3nc(CCNC(=O)n4cccc4)no3)cc12. The van der Waals surface area contributed by atoms with E-state index < -0.39 is 0 Å². The number of aromatic nitrogens is 4. The number of nitrogens with zero attached hydrogens (tertiary/aromatic N) is 4. The van der Waals surface area contributed by atoms with Crippen molar-refractivity contribution in [3.63, 3.8) is 0 Å². The Morgan fingerprint density at radius 2 is 2.07 bits per heavy atom. The first kappa shape index (κ1) is 19.9. The van der Waals surface area contributed by atoms with Gasteiger partial charge in [-0.3, -0.25) is 4.57 Å². The van der Waals surface area contributed by atoms with Crippen LogP contribution in [0.15, 0.2) is 53.4 Å². The molecule has 2 N–H and O–H groups in total. The summed E-state index contributed by atoms with van der Waals surface area (Å²) in [6.45, 7) is 1.45. The summed E-state index contributed by atoms with van der Waals surface area (Å²) in [6, 6.07) is 9.81. The fourth-order valence-corrected chi connectivity index (χ4v) is 3.37. The van der Waals surface area contributed by atoms with Crippen LogP contribution >= 0.6 is 0 Å². The molecule has 0 spiro atoms. The molecule has 0 saturated carbocycles. The highest BCUT2D eigenvalue weighted by Crippen LogP contribution is 2.22. The van der Waals surface area contributed by atoms with Gasteiger partial charge < -0.3 is 19.7 Å². The Morgan fingerprint density at radius 1 is 1.23 bits per heavy atom. The lowest BCUT2D eigenvalue weighted by Crippen LogP contribution is -2.29. The van der Waals surface area contributed by atoms with E-state index in [1.807, 2.05) is 0 Å². The third-order valence-corrected chi connectivity index (χ3v) is 4.99. The van der Waals surface area contributed by atoms with Crippen LogP contribution in [0.3, 0.4) is 0 Å². The van der Waals surface area contributed by atoms with Crippen molar-refractivity contribution in [3.8, 4) is 0 Å². The van der Waals surface area contributed by atoms with Crippen molar-refractivity contribution in [3.05, 3.63) is 71.8 Å². The van der Waals surface area contributed by atoms with E-state index in [1.165, 1.54) is 15.5 Å². The molecule has 1 amide bonds. The van der Waals surface area contributed by atoms with Gasteiger partial charge in [0, 0.05) is 49.0 Å². The number of hydrogen-bond donors (Lipinski definition) is 2. The number of likely N-dealkylation sites (N-methyl/N-ethyl adjacent to an activating group) is 1. The summed E-state index contributed by atoms with van der Waals surface area (Å²) < 4.78 is 6.90. The van der Waals surface area contributed by atoms with E-state index in [2.05, 4.69) is 63.8 Å². The molecule has 0 aliphatic heterocycles. The number of H-pyrrole nitrogens is 1. The number of carbonyl (C=O) groups is 1. The third kappa shape index (κ3) is 4.77. The average Bonchev–Trinajstić information content (AvgIpc) is 3.48. The standard InChI is InChI=1S/C22H26N6O2/c1-27(2)12-8-17-15-24-19-6-5-16(13-18(17)19)14-21-25-20(26-30-21)7-9-23-22(29)28-10-3-4-11-28/h3-6,10-11,13,15,24H,7-9,12,14H2,1-2H3,(H,23,29). The second kappa shape index (κ2) is 8.96. The molecule has 3 heterocycles. The third-order valence-electron chi connectivity index (χ3n) is 4.99. The zero-order valence-corrected chi connectivity index (χ0v) is 17.3. The van der Waals surface area contributed by atoms with E-state index in [-0.39, 0.29) is 6.03 Å². The topological polar surface area (TPSA) is 92.0 Å². The fraction of sp³-hybridized carbons (Fsp3) is 0.318. The second-order valence-corrected chi connectivity index (χ2v) is 7.60. The van der Waals surface area contributed by atoms with Gasteiger partial charge in [-0.1, -0.05) is 11.2 Å². The maximum Gasteiger partial charge on any atom is 0.325 e. The first-order chi connectivity index (χ1) is 14.6. The van der Waals surface area contributed by atoms with Crippen LogP contribution in [0.1, 0.15) is 22.8 Å². The average molecular weight is 406 g/mol. The van der Waals surface area contributed by atoms with Gasteiger partial charge in [0.05, 0.1) is 6.42 Å². The van der Waals surface area contributed by atoms with Gasteiger partial charge in [-0.15, -0.1) is 0 Å². The molecule has 8 nitrogen and oxygen atoms in total. The quantitative estimate of drug-likeness (QED) is 0.469. The summed E-state index contributed by atoms with van der Waals surface area (Å²) in [4.78, 5) is 21.9.